The maximum Gasteiger partial charge on any atom is 0.119 e. The maximum absolute atomic E-state index is 5.89. The summed E-state index contributed by atoms with van der Waals surface area (Å²) in [5.41, 5.74) is 3.64. The molecule has 1 nitrogen and oxygen atoms in total. The van der Waals surface area contributed by atoms with E-state index >= 15 is 0 Å². The summed E-state index contributed by atoms with van der Waals surface area (Å²) in [6.45, 7) is 5.32. The minimum absolute atomic E-state index is 0.737. The van der Waals surface area contributed by atoms with Gasteiger partial charge in [0, 0.05) is 11.1 Å². The van der Waals surface area contributed by atoms with Gasteiger partial charge in [-0.15, -0.1) is 0 Å². The van der Waals surface area contributed by atoms with Gasteiger partial charge in [-0.2, -0.15) is 0 Å². The van der Waals surface area contributed by atoms with Gasteiger partial charge in [0.05, 0.1) is 6.61 Å². The van der Waals surface area contributed by atoms with Crippen molar-refractivity contribution in [1.29, 1.82) is 0 Å². The molecule has 0 heterocycles. The van der Waals surface area contributed by atoms with Crippen molar-refractivity contribution in [3.05, 3.63) is 77.4 Å². The Labute approximate surface area is 200 Å². The summed E-state index contributed by atoms with van der Waals surface area (Å²) in [4.78, 5) is 0. The van der Waals surface area contributed by atoms with E-state index in [1.54, 1.807) is 0 Å². The third-order valence-corrected chi connectivity index (χ3v) is 7.11. The van der Waals surface area contributed by atoms with Crippen LogP contribution in [-0.4, -0.2) is 6.61 Å². The first-order valence-electron chi connectivity index (χ1n) is 13.0. The normalized spacial score (nSPS) is 18.0. The number of rotatable bonds is 8. The average molecular weight is 439 g/mol. The van der Waals surface area contributed by atoms with Crippen LogP contribution in [0.4, 0.5) is 0 Å². The second-order valence-corrected chi connectivity index (χ2v) is 9.66. The molecule has 3 aromatic carbocycles. The fourth-order valence-corrected chi connectivity index (χ4v) is 5.11. The molecule has 0 amide bonds. The predicted molar refractivity (Wildman–Crippen MR) is 141 cm³/mol. The van der Waals surface area contributed by atoms with Gasteiger partial charge < -0.3 is 4.74 Å². The average Bonchev–Trinajstić information content (AvgIpc) is 2.86. The summed E-state index contributed by atoms with van der Waals surface area (Å²) in [7, 11) is 0. The second-order valence-electron chi connectivity index (χ2n) is 9.66. The number of hydrogen-bond donors (Lipinski definition) is 0. The first-order valence-corrected chi connectivity index (χ1v) is 13.0. The highest BCUT2D eigenvalue weighted by Crippen LogP contribution is 2.37. The highest BCUT2D eigenvalue weighted by Gasteiger charge is 2.21. The number of unbranched alkanes of at least 4 members (excludes halogenated alkanes) is 2. The zero-order chi connectivity index (χ0) is 22.9. The summed E-state index contributed by atoms with van der Waals surface area (Å²) >= 11 is 0. The van der Waals surface area contributed by atoms with Crippen LogP contribution in [0.5, 0.6) is 5.75 Å². The van der Waals surface area contributed by atoms with E-state index in [0.29, 0.717) is 0 Å². The van der Waals surface area contributed by atoms with E-state index in [9.17, 15) is 0 Å². The predicted octanol–water partition coefficient (Wildman–Crippen LogP) is 8.88. The largest absolute Gasteiger partial charge is 0.494 e. The standard InChI is InChI=1S/C32H38O/c1-3-5-6-22-33-32-21-20-30-23-27(14-19-31(30)24-32)9-8-26-12-17-29(18-13-26)28-15-10-25(7-4-2)11-16-28/h12-14,17-21,23-25,28H,3-7,10-11,15-16,22H2,1-2H3. The molecule has 0 saturated heterocycles. The fourth-order valence-electron chi connectivity index (χ4n) is 5.11. The summed E-state index contributed by atoms with van der Waals surface area (Å²) in [5, 5.41) is 2.41. The molecule has 1 saturated carbocycles. The van der Waals surface area contributed by atoms with E-state index in [2.05, 4.69) is 86.4 Å². The molecule has 0 aliphatic heterocycles. The fraction of sp³-hybridized carbons (Fsp3) is 0.438. The van der Waals surface area contributed by atoms with Gasteiger partial charge >= 0.3 is 0 Å². The monoisotopic (exact) mass is 438 g/mol. The molecule has 0 N–H and O–H groups in total. The number of hydrogen-bond acceptors (Lipinski definition) is 1. The molecule has 3 aromatic rings. The lowest BCUT2D eigenvalue weighted by atomic mass is 9.77. The van der Waals surface area contributed by atoms with Gasteiger partial charge in [-0.25, -0.2) is 0 Å². The smallest absolute Gasteiger partial charge is 0.119 e. The zero-order valence-corrected chi connectivity index (χ0v) is 20.4. The molecule has 0 atom stereocenters. The third kappa shape index (κ3) is 6.64. The Kier molecular flexibility index (Phi) is 8.48. The van der Waals surface area contributed by atoms with Crippen LogP contribution in [0, 0.1) is 17.8 Å². The van der Waals surface area contributed by atoms with Crippen LogP contribution in [0.15, 0.2) is 60.7 Å². The Morgan fingerprint density at radius 3 is 2.18 bits per heavy atom. The molecule has 0 spiro atoms. The number of ether oxygens (including phenoxy) is 1. The first-order chi connectivity index (χ1) is 16.2. The summed E-state index contributed by atoms with van der Waals surface area (Å²) in [6, 6.07) is 21.8. The molecule has 0 bridgehead atoms. The summed E-state index contributed by atoms with van der Waals surface area (Å²) < 4.78 is 5.89. The Bertz CT molecular complexity index is 1070. The highest BCUT2D eigenvalue weighted by molar-refractivity contribution is 5.85. The molecule has 1 heteroatoms. The first kappa shape index (κ1) is 23.4. The molecule has 1 aliphatic rings. The molecule has 4 rings (SSSR count). The molecule has 0 aromatic heterocycles. The summed E-state index contributed by atoms with van der Waals surface area (Å²) in [5.74, 6) is 9.36. The minimum atomic E-state index is 0.737. The molecule has 1 fully saturated rings. The molecule has 33 heavy (non-hydrogen) atoms. The van der Waals surface area contributed by atoms with Gasteiger partial charge in [-0.05, 0) is 96.7 Å². The number of fused-ring (bicyclic) bond motifs is 1. The second kappa shape index (κ2) is 11.9. The van der Waals surface area contributed by atoms with Crippen molar-refractivity contribution in [1.82, 2.24) is 0 Å². The minimum Gasteiger partial charge on any atom is -0.494 e. The van der Waals surface area contributed by atoms with E-state index in [4.69, 9.17) is 4.74 Å². The van der Waals surface area contributed by atoms with E-state index < -0.39 is 0 Å². The van der Waals surface area contributed by atoms with Crippen LogP contribution < -0.4 is 4.74 Å². The SMILES string of the molecule is CCCCCOc1ccc2cc(C#Cc3ccc(C4CCC(CCC)CC4)cc3)ccc2c1. The van der Waals surface area contributed by atoms with Gasteiger partial charge in [0.1, 0.15) is 5.75 Å². The van der Waals surface area contributed by atoms with E-state index in [-0.39, 0.29) is 0 Å². The Morgan fingerprint density at radius 1 is 0.727 bits per heavy atom. The Hall–Kier alpha value is -2.72. The third-order valence-electron chi connectivity index (χ3n) is 7.11. The zero-order valence-electron chi connectivity index (χ0n) is 20.4. The van der Waals surface area contributed by atoms with Crippen LogP contribution in [0.2, 0.25) is 0 Å². The van der Waals surface area contributed by atoms with Gasteiger partial charge in [0.2, 0.25) is 0 Å². The van der Waals surface area contributed by atoms with E-state index in [1.807, 2.05) is 0 Å². The van der Waals surface area contributed by atoms with Crippen molar-refractivity contribution < 1.29 is 4.74 Å². The van der Waals surface area contributed by atoms with Crippen LogP contribution in [0.1, 0.15) is 94.2 Å². The van der Waals surface area contributed by atoms with Crippen LogP contribution in [-0.2, 0) is 0 Å². The van der Waals surface area contributed by atoms with Crippen LogP contribution >= 0.6 is 0 Å². The molecular formula is C32H38O. The quantitative estimate of drug-likeness (QED) is 0.252. The van der Waals surface area contributed by atoms with Crippen molar-refractivity contribution in [2.24, 2.45) is 5.92 Å². The van der Waals surface area contributed by atoms with Gasteiger partial charge in [-0.3, -0.25) is 0 Å². The van der Waals surface area contributed by atoms with Crippen molar-refractivity contribution >= 4 is 10.8 Å². The molecule has 172 valence electrons. The highest BCUT2D eigenvalue weighted by atomic mass is 16.5. The molecule has 0 radical (unpaired) electrons. The van der Waals surface area contributed by atoms with E-state index in [0.717, 1.165) is 41.7 Å². The van der Waals surface area contributed by atoms with E-state index in [1.165, 1.54) is 67.7 Å². The molecule has 1 aliphatic carbocycles. The topological polar surface area (TPSA) is 9.23 Å². The van der Waals surface area contributed by atoms with Gasteiger partial charge in [0.25, 0.3) is 0 Å². The lowest BCUT2D eigenvalue weighted by Gasteiger charge is -2.28. The van der Waals surface area contributed by atoms with Gasteiger partial charge in [-0.1, -0.05) is 75.6 Å². The van der Waals surface area contributed by atoms with Crippen molar-refractivity contribution in [3.8, 4) is 17.6 Å². The van der Waals surface area contributed by atoms with Crippen LogP contribution in [0.3, 0.4) is 0 Å². The Balaban J connectivity index is 1.36. The lowest BCUT2D eigenvalue weighted by Crippen LogP contribution is -2.13. The molecule has 0 unspecified atom stereocenters. The van der Waals surface area contributed by atoms with Crippen molar-refractivity contribution in [3.63, 3.8) is 0 Å². The van der Waals surface area contributed by atoms with Gasteiger partial charge in [0.15, 0.2) is 0 Å². The number of benzene rings is 3. The lowest BCUT2D eigenvalue weighted by molar-refractivity contribution is 0.306. The van der Waals surface area contributed by atoms with Crippen molar-refractivity contribution in [2.45, 2.75) is 77.6 Å². The van der Waals surface area contributed by atoms with Crippen molar-refractivity contribution in [2.75, 3.05) is 6.61 Å². The van der Waals surface area contributed by atoms with Crippen LogP contribution in [0.25, 0.3) is 10.8 Å². The summed E-state index contributed by atoms with van der Waals surface area (Å²) in [6.07, 6.45) is 11.8. The maximum atomic E-state index is 5.89. The Morgan fingerprint density at radius 2 is 1.42 bits per heavy atom. The molecular weight excluding hydrogens is 400 g/mol.